The van der Waals surface area contributed by atoms with E-state index in [9.17, 15) is 4.79 Å². The highest BCUT2D eigenvalue weighted by Crippen LogP contribution is 2.43. The van der Waals surface area contributed by atoms with E-state index in [1.54, 1.807) is 7.05 Å². The van der Waals surface area contributed by atoms with Crippen molar-refractivity contribution in [2.24, 2.45) is 0 Å². The molecule has 22 heavy (non-hydrogen) atoms. The van der Waals surface area contributed by atoms with E-state index in [4.69, 9.17) is 9.47 Å². The van der Waals surface area contributed by atoms with E-state index in [1.165, 1.54) is 18.4 Å². The fourth-order valence-corrected chi connectivity index (χ4v) is 3.48. The molecule has 1 aromatic rings. The van der Waals surface area contributed by atoms with Crippen LogP contribution in [0, 0.1) is 0 Å². The zero-order chi connectivity index (χ0) is 15.4. The Kier molecular flexibility index (Phi) is 4.52. The van der Waals surface area contributed by atoms with Crippen molar-refractivity contribution in [3.8, 4) is 11.5 Å². The van der Waals surface area contributed by atoms with Crippen molar-refractivity contribution in [3.05, 3.63) is 23.8 Å². The Bertz CT molecular complexity index is 539. The fourth-order valence-electron chi connectivity index (χ4n) is 3.48. The molecular weight excluding hydrogens is 280 g/mol. The summed E-state index contributed by atoms with van der Waals surface area (Å²) in [5, 5.41) is 5.96. The Morgan fingerprint density at radius 2 is 1.91 bits per heavy atom. The van der Waals surface area contributed by atoms with Gasteiger partial charge in [-0.3, -0.25) is 4.79 Å². The lowest BCUT2D eigenvalue weighted by Gasteiger charge is -2.31. The lowest BCUT2D eigenvalue weighted by molar-refractivity contribution is -0.120. The number of hydrogen-bond acceptors (Lipinski definition) is 4. The van der Waals surface area contributed by atoms with Gasteiger partial charge in [0.2, 0.25) is 5.91 Å². The molecule has 1 amide bonds. The number of fused-ring (bicyclic) bond motifs is 1. The van der Waals surface area contributed by atoms with Crippen LogP contribution in [0.1, 0.15) is 31.2 Å². The van der Waals surface area contributed by atoms with Crippen LogP contribution in [-0.2, 0) is 10.2 Å². The number of carbonyl (C=O) groups is 1. The molecule has 1 heterocycles. The van der Waals surface area contributed by atoms with Crippen molar-refractivity contribution in [3.63, 3.8) is 0 Å². The Hall–Kier alpha value is -1.75. The zero-order valence-corrected chi connectivity index (χ0v) is 13.1. The van der Waals surface area contributed by atoms with Gasteiger partial charge in [0, 0.05) is 12.0 Å². The van der Waals surface area contributed by atoms with E-state index >= 15 is 0 Å². The van der Waals surface area contributed by atoms with Gasteiger partial charge in [-0.1, -0.05) is 18.9 Å². The number of ether oxygens (including phenoxy) is 2. The number of carbonyl (C=O) groups excluding carboxylic acids is 1. The van der Waals surface area contributed by atoms with E-state index in [0.717, 1.165) is 24.3 Å². The average Bonchev–Trinajstić information content (AvgIpc) is 3.03. The first-order valence-electron chi connectivity index (χ1n) is 8.05. The predicted molar refractivity (Wildman–Crippen MR) is 84.5 cm³/mol. The Labute approximate surface area is 131 Å². The molecule has 0 atom stereocenters. The summed E-state index contributed by atoms with van der Waals surface area (Å²) >= 11 is 0. The molecule has 1 aromatic carbocycles. The molecule has 0 aromatic heterocycles. The van der Waals surface area contributed by atoms with Gasteiger partial charge in [-0.05, 0) is 37.6 Å². The van der Waals surface area contributed by atoms with Gasteiger partial charge in [-0.15, -0.1) is 0 Å². The van der Waals surface area contributed by atoms with Gasteiger partial charge >= 0.3 is 0 Å². The smallest absolute Gasteiger partial charge is 0.233 e. The third-order valence-electron chi connectivity index (χ3n) is 4.68. The second kappa shape index (κ2) is 6.57. The maximum Gasteiger partial charge on any atom is 0.233 e. The van der Waals surface area contributed by atoms with Gasteiger partial charge < -0.3 is 20.1 Å². The molecule has 0 bridgehead atoms. The quantitative estimate of drug-likeness (QED) is 0.867. The van der Waals surface area contributed by atoms with Gasteiger partial charge in [0.05, 0.1) is 6.54 Å². The van der Waals surface area contributed by atoms with Crippen molar-refractivity contribution in [2.45, 2.75) is 31.1 Å². The first kappa shape index (κ1) is 15.2. The number of nitrogens with one attached hydrogen (secondary N) is 2. The highest BCUT2D eigenvalue weighted by atomic mass is 16.6. The molecule has 0 spiro atoms. The number of hydrogen-bond donors (Lipinski definition) is 2. The number of benzene rings is 1. The molecule has 1 saturated carbocycles. The van der Waals surface area contributed by atoms with Crippen LogP contribution in [0.2, 0.25) is 0 Å². The van der Waals surface area contributed by atoms with E-state index in [-0.39, 0.29) is 11.3 Å². The van der Waals surface area contributed by atoms with Crippen molar-refractivity contribution >= 4 is 5.91 Å². The van der Waals surface area contributed by atoms with Crippen molar-refractivity contribution < 1.29 is 14.3 Å². The van der Waals surface area contributed by atoms with Crippen LogP contribution in [0.25, 0.3) is 0 Å². The molecule has 5 nitrogen and oxygen atoms in total. The number of rotatable bonds is 5. The Balaban J connectivity index is 1.79. The van der Waals surface area contributed by atoms with Crippen LogP contribution in [-0.4, -0.2) is 39.3 Å². The monoisotopic (exact) mass is 304 g/mol. The molecule has 5 heteroatoms. The Morgan fingerprint density at radius 3 is 2.64 bits per heavy atom. The molecule has 2 N–H and O–H groups in total. The fraction of sp³-hybridized carbons (Fsp3) is 0.588. The third-order valence-corrected chi connectivity index (χ3v) is 4.68. The summed E-state index contributed by atoms with van der Waals surface area (Å²) < 4.78 is 11.3. The number of likely N-dealkylation sites (N-methyl/N-ethyl adjacent to an activating group) is 1. The molecular formula is C17H24N2O3. The van der Waals surface area contributed by atoms with Crippen LogP contribution in [0.4, 0.5) is 0 Å². The van der Waals surface area contributed by atoms with Crippen molar-refractivity contribution in [1.29, 1.82) is 0 Å². The molecule has 0 radical (unpaired) electrons. The molecule has 0 saturated heterocycles. The first-order chi connectivity index (χ1) is 10.7. The van der Waals surface area contributed by atoms with Crippen molar-refractivity contribution in [1.82, 2.24) is 10.6 Å². The molecule has 0 unspecified atom stereocenters. The second-order valence-electron chi connectivity index (χ2n) is 6.15. The highest BCUT2D eigenvalue weighted by molar-refractivity contribution is 5.78. The maximum atomic E-state index is 11.8. The van der Waals surface area contributed by atoms with Gasteiger partial charge in [0.1, 0.15) is 13.2 Å². The van der Waals surface area contributed by atoms with E-state index in [0.29, 0.717) is 26.3 Å². The summed E-state index contributed by atoms with van der Waals surface area (Å²) in [4.78, 5) is 11.8. The molecule has 120 valence electrons. The summed E-state index contributed by atoms with van der Waals surface area (Å²) in [7, 11) is 1.78. The Morgan fingerprint density at radius 1 is 1.18 bits per heavy atom. The zero-order valence-electron chi connectivity index (χ0n) is 13.1. The normalized spacial score (nSPS) is 19.0. The topological polar surface area (TPSA) is 59.6 Å². The van der Waals surface area contributed by atoms with Gasteiger partial charge in [-0.25, -0.2) is 0 Å². The third kappa shape index (κ3) is 3.04. The summed E-state index contributed by atoms with van der Waals surface area (Å²) in [6, 6.07) is 6.23. The summed E-state index contributed by atoms with van der Waals surface area (Å²) in [6.07, 6.45) is 4.62. The SMILES string of the molecule is CNCC(=O)NCC1(c2ccc3c(c2)OCCO3)CCCC1. The molecule has 1 aliphatic carbocycles. The van der Waals surface area contributed by atoms with Gasteiger partial charge in [-0.2, -0.15) is 0 Å². The first-order valence-corrected chi connectivity index (χ1v) is 8.05. The minimum absolute atomic E-state index is 0.0270. The van der Waals surface area contributed by atoms with Crippen molar-refractivity contribution in [2.75, 3.05) is 33.4 Å². The maximum absolute atomic E-state index is 11.8. The molecule has 3 rings (SSSR count). The van der Waals surface area contributed by atoms with Crippen LogP contribution in [0.3, 0.4) is 0 Å². The summed E-state index contributed by atoms with van der Waals surface area (Å²) in [5.74, 6) is 1.70. The molecule has 1 fully saturated rings. The van der Waals surface area contributed by atoms with Crippen LogP contribution < -0.4 is 20.1 Å². The standard InChI is InChI=1S/C17H24N2O3/c1-18-11-16(20)19-12-17(6-2-3-7-17)13-4-5-14-15(10-13)22-9-8-21-14/h4-5,10,18H,2-3,6-9,11-12H2,1H3,(H,19,20). The predicted octanol–water partition coefficient (Wildman–Crippen LogP) is 1.61. The average molecular weight is 304 g/mol. The van der Waals surface area contributed by atoms with Gasteiger partial charge in [0.25, 0.3) is 0 Å². The largest absolute Gasteiger partial charge is 0.486 e. The minimum atomic E-state index is 0.0270. The van der Waals surface area contributed by atoms with Crippen LogP contribution in [0.15, 0.2) is 18.2 Å². The van der Waals surface area contributed by atoms with Gasteiger partial charge in [0.15, 0.2) is 11.5 Å². The van der Waals surface area contributed by atoms with E-state index < -0.39 is 0 Å². The molecule has 1 aliphatic heterocycles. The lowest BCUT2D eigenvalue weighted by atomic mass is 9.78. The van der Waals surface area contributed by atoms with Crippen LogP contribution >= 0.6 is 0 Å². The molecule has 2 aliphatic rings. The highest BCUT2D eigenvalue weighted by Gasteiger charge is 2.36. The number of amides is 1. The summed E-state index contributed by atoms with van der Waals surface area (Å²) in [6.45, 7) is 2.25. The second-order valence-corrected chi connectivity index (χ2v) is 6.15. The minimum Gasteiger partial charge on any atom is -0.486 e. The summed E-state index contributed by atoms with van der Waals surface area (Å²) in [5.41, 5.74) is 1.28. The van der Waals surface area contributed by atoms with E-state index in [2.05, 4.69) is 22.8 Å². The van der Waals surface area contributed by atoms with Crippen LogP contribution in [0.5, 0.6) is 11.5 Å². The lowest BCUT2D eigenvalue weighted by Crippen LogP contribution is -2.42. The van der Waals surface area contributed by atoms with E-state index in [1.807, 2.05) is 6.07 Å².